The summed E-state index contributed by atoms with van der Waals surface area (Å²) in [4.78, 5) is 36.5. The molecule has 1 aromatic carbocycles. The van der Waals surface area contributed by atoms with Crippen LogP contribution in [0.2, 0.25) is 0 Å². The number of hydrogen-bond acceptors (Lipinski definition) is 6. The van der Waals surface area contributed by atoms with Gasteiger partial charge in [0.2, 0.25) is 5.91 Å². The molecule has 3 rings (SSSR count). The molecular weight excluding hydrogens is 381 g/mol. The zero-order valence-electron chi connectivity index (χ0n) is 15.0. The third-order valence-corrected chi connectivity index (χ3v) is 4.19. The van der Waals surface area contributed by atoms with Gasteiger partial charge in [0, 0.05) is 25.2 Å². The van der Waals surface area contributed by atoms with Crippen molar-refractivity contribution in [3.63, 3.8) is 0 Å². The van der Waals surface area contributed by atoms with Crippen LogP contribution in [0.25, 0.3) is 0 Å². The summed E-state index contributed by atoms with van der Waals surface area (Å²) in [5, 5.41) is 5.16. The standard InChI is InChI=1S/C18H17F3N2O5/c1-17(2)27-15(25)13(16(26)28-17)11-6-7-12(23-11)14(24)22-10-5-3-4-9(8-10)18(19,20)21/h3-5,8,12,23H,6-7H2,1-2H3,(H,22,24)/t12-/m1/s1. The number of amides is 1. The summed E-state index contributed by atoms with van der Waals surface area (Å²) in [5.41, 5.74) is -1.01. The second kappa shape index (κ2) is 6.84. The number of carbonyl (C=O) groups is 3. The first kappa shape index (κ1) is 19.7. The molecule has 0 saturated carbocycles. The second-order valence-corrected chi connectivity index (χ2v) is 6.84. The van der Waals surface area contributed by atoms with E-state index in [4.69, 9.17) is 9.47 Å². The van der Waals surface area contributed by atoms with Gasteiger partial charge in [-0.2, -0.15) is 13.2 Å². The van der Waals surface area contributed by atoms with Crippen molar-refractivity contribution in [2.45, 2.75) is 44.7 Å². The summed E-state index contributed by atoms with van der Waals surface area (Å²) in [6.07, 6.45) is -4.08. The van der Waals surface area contributed by atoms with Gasteiger partial charge in [-0.05, 0) is 31.0 Å². The number of nitrogens with one attached hydrogen (secondary N) is 2. The first-order valence-electron chi connectivity index (χ1n) is 8.41. The monoisotopic (exact) mass is 398 g/mol. The van der Waals surface area contributed by atoms with Crippen molar-refractivity contribution < 1.29 is 37.0 Å². The van der Waals surface area contributed by atoms with E-state index in [-0.39, 0.29) is 29.8 Å². The highest BCUT2D eigenvalue weighted by Gasteiger charge is 2.42. The van der Waals surface area contributed by atoms with Crippen molar-refractivity contribution in [3.8, 4) is 0 Å². The number of carbonyl (C=O) groups excluding carboxylic acids is 3. The first-order chi connectivity index (χ1) is 13.0. The van der Waals surface area contributed by atoms with Gasteiger partial charge < -0.3 is 20.1 Å². The molecule has 0 aromatic heterocycles. The van der Waals surface area contributed by atoms with Crippen LogP contribution >= 0.6 is 0 Å². The third-order valence-electron chi connectivity index (χ3n) is 4.19. The minimum Gasteiger partial charge on any atom is -0.419 e. The van der Waals surface area contributed by atoms with Gasteiger partial charge in [0.15, 0.2) is 5.57 Å². The van der Waals surface area contributed by atoms with Crippen molar-refractivity contribution >= 4 is 23.5 Å². The van der Waals surface area contributed by atoms with Gasteiger partial charge >= 0.3 is 18.1 Å². The number of rotatable bonds is 2. The highest BCUT2D eigenvalue weighted by molar-refractivity contribution is 6.16. The number of allylic oxidation sites excluding steroid dienone is 1. The second-order valence-electron chi connectivity index (χ2n) is 6.84. The van der Waals surface area contributed by atoms with Gasteiger partial charge in [0.05, 0.1) is 5.56 Å². The lowest BCUT2D eigenvalue weighted by atomic mass is 10.1. The molecule has 1 amide bonds. The molecule has 1 atom stereocenters. The molecule has 0 aliphatic carbocycles. The molecule has 28 heavy (non-hydrogen) atoms. The molecule has 150 valence electrons. The minimum absolute atomic E-state index is 0.0130. The molecule has 0 unspecified atom stereocenters. The minimum atomic E-state index is -4.53. The number of anilines is 1. The lowest BCUT2D eigenvalue weighted by Crippen LogP contribution is -2.43. The molecule has 7 nitrogen and oxygen atoms in total. The molecule has 0 radical (unpaired) electrons. The van der Waals surface area contributed by atoms with E-state index in [1.807, 2.05) is 0 Å². The maximum absolute atomic E-state index is 12.8. The number of alkyl halides is 3. The van der Waals surface area contributed by atoms with Crippen molar-refractivity contribution in [2.75, 3.05) is 5.32 Å². The zero-order valence-corrected chi connectivity index (χ0v) is 15.0. The Morgan fingerprint density at radius 1 is 1.21 bits per heavy atom. The summed E-state index contributed by atoms with van der Waals surface area (Å²) in [7, 11) is 0. The number of halogens is 3. The third kappa shape index (κ3) is 4.10. The first-order valence-corrected chi connectivity index (χ1v) is 8.41. The van der Waals surface area contributed by atoms with Gasteiger partial charge in [0.25, 0.3) is 5.79 Å². The quantitative estimate of drug-likeness (QED) is 0.452. The predicted molar refractivity (Wildman–Crippen MR) is 89.5 cm³/mol. The smallest absolute Gasteiger partial charge is 0.416 e. The van der Waals surface area contributed by atoms with Gasteiger partial charge in [-0.3, -0.25) is 4.79 Å². The fraction of sp³-hybridized carbons (Fsp3) is 0.389. The Labute approximate surface area is 157 Å². The molecular formula is C18H17F3N2O5. The average Bonchev–Trinajstić information content (AvgIpc) is 3.02. The van der Waals surface area contributed by atoms with Crippen molar-refractivity contribution in [1.29, 1.82) is 0 Å². The van der Waals surface area contributed by atoms with E-state index in [2.05, 4.69) is 10.6 Å². The number of esters is 2. The fourth-order valence-electron chi connectivity index (χ4n) is 2.94. The van der Waals surface area contributed by atoms with E-state index >= 15 is 0 Å². The Morgan fingerprint density at radius 2 is 1.86 bits per heavy atom. The van der Waals surface area contributed by atoms with E-state index in [9.17, 15) is 27.6 Å². The fourth-order valence-corrected chi connectivity index (χ4v) is 2.94. The number of ether oxygens (including phenoxy) is 2. The molecule has 2 heterocycles. The number of benzene rings is 1. The van der Waals surface area contributed by atoms with Gasteiger partial charge in [0.1, 0.15) is 6.04 Å². The Morgan fingerprint density at radius 3 is 2.46 bits per heavy atom. The van der Waals surface area contributed by atoms with Gasteiger partial charge in [-0.25, -0.2) is 9.59 Å². The Kier molecular flexibility index (Phi) is 4.82. The predicted octanol–water partition coefficient (Wildman–Crippen LogP) is 2.49. The normalized spacial score (nSPS) is 21.7. The van der Waals surface area contributed by atoms with Crippen LogP contribution in [0.15, 0.2) is 35.5 Å². The lowest BCUT2D eigenvalue weighted by Gasteiger charge is -2.30. The Bertz CT molecular complexity index is 854. The van der Waals surface area contributed by atoms with E-state index < -0.39 is 41.4 Å². The number of cyclic esters (lactones) is 2. The van der Waals surface area contributed by atoms with E-state index in [1.165, 1.54) is 26.0 Å². The van der Waals surface area contributed by atoms with Crippen LogP contribution in [0.1, 0.15) is 32.3 Å². The van der Waals surface area contributed by atoms with Crippen LogP contribution in [0, 0.1) is 0 Å². The SMILES string of the molecule is CC1(C)OC(=O)C(=C2CC[C@H](C(=O)Nc3cccc(C(F)(F)F)c3)N2)C(=O)O1. The molecule has 2 N–H and O–H groups in total. The molecule has 2 fully saturated rings. The molecule has 2 aliphatic rings. The maximum atomic E-state index is 12.8. The van der Waals surface area contributed by atoms with Crippen LogP contribution in [0.4, 0.5) is 18.9 Å². The molecule has 10 heteroatoms. The van der Waals surface area contributed by atoms with E-state index in [1.54, 1.807) is 0 Å². The van der Waals surface area contributed by atoms with Crippen LogP contribution in [0.3, 0.4) is 0 Å². The van der Waals surface area contributed by atoms with Crippen LogP contribution < -0.4 is 10.6 Å². The molecule has 2 aliphatic heterocycles. The largest absolute Gasteiger partial charge is 0.419 e. The van der Waals surface area contributed by atoms with Crippen LogP contribution in [-0.4, -0.2) is 29.7 Å². The number of hydrogen-bond donors (Lipinski definition) is 2. The van der Waals surface area contributed by atoms with Crippen LogP contribution in [0.5, 0.6) is 0 Å². The molecule has 2 saturated heterocycles. The summed E-state index contributed by atoms with van der Waals surface area (Å²) in [6.45, 7) is 2.83. The average molecular weight is 398 g/mol. The lowest BCUT2D eigenvalue weighted by molar-refractivity contribution is -0.222. The maximum Gasteiger partial charge on any atom is 0.416 e. The van der Waals surface area contributed by atoms with Crippen molar-refractivity contribution in [2.24, 2.45) is 0 Å². The Hall–Kier alpha value is -3.04. The summed E-state index contributed by atoms with van der Waals surface area (Å²) < 4.78 is 48.4. The zero-order chi connectivity index (χ0) is 20.7. The molecule has 1 aromatic rings. The van der Waals surface area contributed by atoms with Crippen molar-refractivity contribution in [1.82, 2.24) is 5.32 Å². The topological polar surface area (TPSA) is 93.7 Å². The van der Waals surface area contributed by atoms with Crippen molar-refractivity contribution in [3.05, 3.63) is 41.1 Å². The highest BCUT2D eigenvalue weighted by atomic mass is 19.4. The summed E-state index contributed by atoms with van der Waals surface area (Å²) in [6, 6.07) is 3.41. The van der Waals surface area contributed by atoms with Gasteiger partial charge in [-0.1, -0.05) is 6.07 Å². The molecule has 0 spiro atoms. The van der Waals surface area contributed by atoms with Gasteiger partial charge in [-0.15, -0.1) is 0 Å². The molecule has 0 bridgehead atoms. The Balaban J connectivity index is 1.71. The summed E-state index contributed by atoms with van der Waals surface area (Å²) >= 11 is 0. The van der Waals surface area contributed by atoms with E-state index in [0.717, 1.165) is 12.1 Å². The summed E-state index contributed by atoms with van der Waals surface area (Å²) in [5.74, 6) is -3.69. The van der Waals surface area contributed by atoms with Crippen LogP contribution in [-0.2, 0) is 30.0 Å². The highest BCUT2D eigenvalue weighted by Crippen LogP contribution is 2.31. The van der Waals surface area contributed by atoms with E-state index in [0.29, 0.717) is 0 Å².